The summed E-state index contributed by atoms with van der Waals surface area (Å²) in [6.45, 7) is 1.18. The van der Waals surface area contributed by atoms with Gasteiger partial charge in [0.2, 0.25) is 5.88 Å². The molecule has 0 radical (unpaired) electrons. The van der Waals surface area contributed by atoms with E-state index < -0.39 is 29.8 Å². The van der Waals surface area contributed by atoms with Crippen molar-refractivity contribution in [2.75, 3.05) is 41.7 Å². The average molecular weight is 777 g/mol. The molecule has 1 atom stereocenters. The maximum Gasteiger partial charge on any atom is 0.355 e. The van der Waals surface area contributed by atoms with Gasteiger partial charge < -0.3 is 43.3 Å². The predicted octanol–water partition coefficient (Wildman–Crippen LogP) is 7.12. The highest BCUT2D eigenvalue weighted by Gasteiger charge is 2.32. The maximum absolute atomic E-state index is 14.6. The number of carbonyl (C=O) groups excluding carboxylic acids is 2. The monoisotopic (exact) mass is 776 g/mol. The minimum absolute atomic E-state index is 0.0572. The number of pyridine rings is 1. The first-order valence-corrected chi connectivity index (χ1v) is 18.1. The first-order chi connectivity index (χ1) is 27.7. The molecule has 0 aliphatic carbocycles. The molecule has 57 heavy (non-hydrogen) atoms. The minimum atomic E-state index is -0.593. The summed E-state index contributed by atoms with van der Waals surface area (Å²) in [7, 11) is 5.77. The Kier molecular flexibility index (Phi) is 10.1. The van der Waals surface area contributed by atoms with Crippen LogP contribution < -0.4 is 19.5 Å². The summed E-state index contributed by atoms with van der Waals surface area (Å²) >= 11 is 0. The van der Waals surface area contributed by atoms with Crippen molar-refractivity contribution in [1.82, 2.24) is 19.9 Å². The van der Waals surface area contributed by atoms with Crippen molar-refractivity contribution in [3.8, 4) is 28.5 Å². The fraction of sp³-hybridized carbons (Fsp3) is 0.233. The van der Waals surface area contributed by atoms with E-state index in [4.69, 9.17) is 28.4 Å². The van der Waals surface area contributed by atoms with Crippen LogP contribution in [-0.4, -0.2) is 74.4 Å². The molecule has 6 heterocycles. The van der Waals surface area contributed by atoms with Crippen molar-refractivity contribution in [2.24, 2.45) is 0 Å². The molecule has 292 valence electrons. The number of esters is 2. The Balaban J connectivity index is 0.000000168. The summed E-state index contributed by atoms with van der Waals surface area (Å²) in [6.07, 6.45) is 8.13. The van der Waals surface area contributed by atoms with Crippen LogP contribution >= 0.6 is 0 Å². The Labute approximate surface area is 325 Å². The first kappa shape index (κ1) is 37.3. The van der Waals surface area contributed by atoms with Gasteiger partial charge in [0, 0.05) is 70.3 Å². The lowest BCUT2D eigenvalue weighted by atomic mass is 9.97. The van der Waals surface area contributed by atoms with E-state index in [1.807, 2.05) is 48.6 Å². The third-order valence-electron chi connectivity index (χ3n) is 10.2. The van der Waals surface area contributed by atoms with Crippen LogP contribution in [0.5, 0.6) is 17.4 Å². The highest BCUT2D eigenvalue weighted by atomic mass is 19.1. The van der Waals surface area contributed by atoms with Crippen LogP contribution in [0.15, 0.2) is 79.1 Å². The largest absolute Gasteiger partial charge is 0.493 e. The van der Waals surface area contributed by atoms with Crippen LogP contribution in [0.1, 0.15) is 43.2 Å². The summed E-state index contributed by atoms with van der Waals surface area (Å²) in [4.78, 5) is 32.8. The highest BCUT2D eigenvalue weighted by Crippen LogP contribution is 2.42. The first-order valence-electron chi connectivity index (χ1n) is 18.1. The molecule has 0 spiro atoms. The fourth-order valence-electron chi connectivity index (χ4n) is 7.65. The number of benzene rings is 3. The number of H-pyrrole nitrogens is 1. The Hall–Kier alpha value is -6.67. The van der Waals surface area contributed by atoms with Gasteiger partial charge in [-0.15, -0.1) is 0 Å². The Morgan fingerprint density at radius 2 is 1.63 bits per heavy atom. The number of hydrogen-bond donors (Lipinski definition) is 2. The molecule has 3 aliphatic heterocycles. The summed E-state index contributed by atoms with van der Waals surface area (Å²) in [5.41, 5.74) is 7.14. The fourth-order valence-corrected chi connectivity index (χ4v) is 7.65. The number of nitrogens with one attached hydrogen (secondary N) is 2. The molecule has 12 nitrogen and oxygen atoms in total. The van der Waals surface area contributed by atoms with E-state index in [2.05, 4.69) is 15.3 Å². The van der Waals surface area contributed by atoms with Crippen molar-refractivity contribution in [2.45, 2.75) is 25.6 Å². The van der Waals surface area contributed by atoms with Gasteiger partial charge in [0.1, 0.15) is 34.5 Å². The number of aromatic amines is 1. The summed E-state index contributed by atoms with van der Waals surface area (Å²) in [6, 6.07) is 14.8. The standard InChI is InChI=1S/C25H22F2N2O4.C18H16N2O4/c1-31-24-17(4-3-8-28-24)22-18-12-21-14(7-9-33-21)11-20(18)29(23(22)25(30)32-2)13-15-10-16(26)5-6-19(15)27;1-22-17-11(4-3-6-19-17)15-12-9-14-10(5-7-24-14)8-13(12)20-16(15)18(21)23-2/h3-6,8,10-12,24,28H,7,9,13H2,1-2H3;3-4,6,8-9,20H,5,7H2,1-2H3. The number of nitrogens with zero attached hydrogens (tertiary/aromatic N) is 2. The van der Waals surface area contributed by atoms with Gasteiger partial charge in [-0.1, -0.05) is 6.08 Å². The normalized spacial score (nSPS) is 15.1. The van der Waals surface area contributed by atoms with Gasteiger partial charge in [-0.2, -0.15) is 0 Å². The molecule has 0 amide bonds. The van der Waals surface area contributed by atoms with Crippen molar-refractivity contribution < 1.29 is 46.8 Å². The quantitative estimate of drug-likeness (QED) is 0.154. The van der Waals surface area contributed by atoms with Gasteiger partial charge in [0.25, 0.3) is 0 Å². The number of methoxy groups -OCH3 is 4. The zero-order valence-corrected chi connectivity index (χ0v) is 31.5. The number of hydrogen-bond acceptors (Lipinski definition) is 10. The zero-order chi connectivity index (χ0) is 39.8. The van der Waals surface area contributed by atoms with E-state index in [9.17, 15) is 18.4 Å². The Morgan fingerprint density at radius 3 is 2.35 bits per heavy atom. The van der Waals surface area contributed by atoms with Crippen LogP contribution in [0.3, 0.4) is 0 Å². The van der Waals surface area contributed by atoms with Gasteiger partial charge in [-0.05, 0) is 78.0 Å². The number of fused-ring (bicyclic) bond motifs is 4. The molecule has 0 saturated heterocycles. The molecule has 6 aromatic rings. The Morgan fingerprint density at radius 1 is 0.895 bits per heavy atom. The topological polar surface area (TPSA) is 135 Å². The molecule has 0 fully saturated rings. The van der Waals surface area contributed by atoms with Gasteiger partial charge in [-0.3, -0.25) is 0 Å². The molecule has 0 saturated carbocycles. The van der Waals surface area contributed by atoms with E-state index in [1.54, 1.807) is 31.2 Å². The van der Waals surface area contributed by atoms with Crippen molar-refractivity contribution in [3.05, 3.63) is 124 Å². The lowest BCUT2D eigenvalue weighted by Gasteiger charge is -2.22. The number of rotatable bonds is 8. The molecular formula is C43H38F2N4O8. The maximum atomic E-state index is 14.6. The molecule has 3 aromatic heterocycles. The van der Waals surface area contributed by atoms with E-state index in [0.29, 0.717) is 47.0 Å². The lowest BCUT2D eigenvalue weighted by Crippen LogP contribution is -2.30. The van der Waals surface area contributed by atoms with Crippen LogP contribution in [0.2, 0.25) is 0 Å². The van der Waals surface area contributed by atoms with Crippen molar-refractivity contribution >= 4 is 39.3 Å². The second-order valence-electron chi connectivity index (χ2n) is 13.4. The number of halogens is 2. The minimum Gasteiger partial charge on any atom is -0.493 e. The van der Waals surface area contributed by atoms with E-state index in [0.717, 1.165) is 75.5 Å². The molecule has 2 N–H and O–H groups in total. The van der Waals surface area contributed by atoms with Gasteiger partial charge in [0.05, 0.1) is 46.6 Å². The number of allylic oxidation sites excluding steroid dienone is 2. The van der Waals surface area contributed by atoms with Crippen LogP contribution in [0.25, 0.3) is 38.5 Å². The molecule has 9 rings (SSSR count). The van der Waals surface area contributed by atoms with Crippen LogP contribution in [0, 0.1) is 11.6 Å². The number of dihydropyridines is 1. The number of aromatic nitrogens is 3. The van der Waals surface area contributed by atoms with Crippen molar-refractivity contribution in [3.63, 3.8) is 0 Å². The second-order valence-corrected chi connectivity index (χ2v) is 13.4. The zero-order valence-electron chi connectivity index (χ0n) is 31.5. The van der Waals surface area contributed by atoms with E-state index in [1.165, 1.54) is 14.2 Å². The highest BCUT2D eigenvalue weighted by molar-refractivity contribution is 6.09. The SMILES string of the molecule is COC(=O)c1[nH]c2cc3c(cc2c1-c1cccnc1OC)OCC3.COC(=O)c1c(C2=CC=CNC2OC)c2cc3c(cc2n1Cc1cc(F)ccc1F)CCO3. The molecule has 3 aliphatic rings. The van der Waals surface area contributed by atoms with Crippen LogP contribution in [0.4, 0.5) is 8.78 Å². The molecule has 1 unspecified atom stereocenters. The molecule has 3 aromatic carbocycles. The summed E-state index contributed by atoms with van der Waals surface area (Å²) in [5.74, 6) is -0.107. The third kappa shape index (κ3) is 6.71. The van der Waals surface area contributed by atoms with Gasteiger partial charge >= 0.3 is 11.9 Å². The van der Waals surface area contributed by atoms with Crippen molar-refractivity contribution in [1.29, 1.82) is 0 Å². The van der Waals surface area contributed by atoms with Gasteiger partial charge in [0.15, 0.2) is 6.23 Å². The smallest absolute Gasteiger partial charge is 0.355 e. The lowest BCUT2D eigenvalue weighted by molar-refractivity contribution is 0.0582. The third-order valence-corrected chi connectivity index (χ3v) is 10.2. The number of carbonyl (C=O) groups is 2. The second kappa shape index (κ2) is 15.5. The van der Waals surface area contributed by atoms with E-state index >= 15 is 0 Å². The summed E-state index contributed by atoms with van der Waals surface area (Å²) < 4.78 is 62.7. The van der Waals surface area contributed by atoms with Crippen LogP contribution in [-0.2, 0) is 33.6 Å². The summed E-state index contributed by atoms with van der Waals surface area (Å²) in [5, 5.41) is 4.73. The molecule has 14 heteroatoms. The molecule has 0 bridgehead atoms. The predicted molar refractivity (Wildman–Crippen MR) is 208 cm³/mol. The van der Waals surface area contributed by atoms with E-state index in [-0.39, 0.29) is 17.8 Å². The Bertz CT molecular complexity index is 2630. The number of ether oxygens (including phenoxy) is 6. The molecular weight excluding hydrogens is 738 g/mol. The van der Waals surface area contributed by atoms with Gasteiger partial charge in [-0.25, -0.2) is 23.4 Å². The average Bonchev–Trinajstić information content (AvgIpc) is 4.04.